The first kappa shape index (κ1) is 17.7. The number of fused-ring (bicyclic) bond motifs is 1. The van der Waals surface area contributed by atoms with Gasteiger partial charge in [-0.2, -0.15) is 0 Å². The maximum atomic E-state index is 13.3. The number of rotatable bonds is 3. The Bertz CT molecular complexity index is 832. The molecule has 0 saturated carbocycles. The molecule has 3 saturated heterocycles. The van der Waals surface area contributed by atoms with E-state index < -0.39 is 0 Å². The summed E-state index contributed by atoms with van der Waals surface area (Å²) in [6.07, 6.45) is 10.1. The number of furan rings is 1. The highest BCUT2D eigenvalue weighted by molar-refractivity contribution is 5.87. The predicted molar refractivity (Wildman–Crippen MR) is 105 cm³/mol. The topological polar surface area (TPSA) is 65.7 Å². The van der Waals surface area contributed by atoms with Crippen LogP contribution in [0.5, 0.6) is 0 Å². The van der Waals surface area contributed by atoms with Crippen molar-refractivity contribution in [2.45, 2.75) is 25.8 Å². The van der Waals surface area contributed by atoms with E-state index in [1.54, 1.807) is 18.7 Å². The van der Waals surface area contributed by atoms with Crippen LogP contribution in [0, 0.1) is 10.8 Å². The quantitative estimate of drug-likeness (QED) is 0.810. The first-order valence-electron chi connectivity index (χ1n) is 10.1. The number of piperidine rings is 1. The molecule has 7 nitrogen and oxygen atoms in total. The van der Waals surface area contributed by atoms with E-state index in [1.165, 1.54) is 5.56 Å². The Morgan fingerprint density at radius 2 is 1.89 bits per heavy atom. The lowest BCUT2D eigenvalue weighted by molar-refractivity contribution is -0.141. The molecule has 0 bridgehead atoms. The van der Waals surface area contributed by atoms with E-state index >= 15 is 0 Å². The van der Waals surface area contributed by atoms with Crippen LogP contribution in [0.25, 0.3) is 0 Å². The van der Waals surface area contributed by atoms with Crippen LogP contribution in [-0.2, 0) is 11.3 Å². The minimum absolute atomic E-state index is 0.000933. The Kier molecular flexibility index (Phi) is 4.16. The van der Waals surface area contributed by atoms with Crippen molar-refractivity contribution in [2.75, 3.05) is 44.7 Å². The summed E-state index contributed by atoms with van der Waals surface area (Å²) in [5.74, 6) is 1.07. The SMILES string of the molecule is CN1CCC2(CN(c3ncccn3)CC23CCN(Cc2ccoc2)CC3)C1=O. The molecule has 1 unspecified atom stereocenters. The monoisotopic (exact) mass is 381 g/mol. The van der Waals surface area contributed by atoms with Crippen LogP contribution < -0.4 is 4.90 Å². The van der Waals surface area contributed by atoms with Gasteiger partial charge in [0, 0.05) is 56.6 Å². The van der Waals surface area contributed by atoms with Gasteiger partial charge in [-0.25, -0.2) is 9.97 Å². The molecule has 28 heavy (non-hydrogen) atoms. The zero-order valence-corrected chi connectivity index (χ0v) is 16.4. The summed E-state index contributed by atoms with van der Waals surface area (Å²) >= 11 is 0. The summed E-state index contributed by atoms with van der Waals surface area (Å²) < 4.78 is 5.22. The molecule has 2 aromatic heterocycles. The molecule has 1 atom stereocenters. The third-order valence-corrected chi connectivity index (χ3v) is 7.23. The molecule has 2 aromatic rings. The van der Waals surface area contributed by atoms with Crippen molar-refractivity contribution in [1.82, 2.24) is 19.8 Å². The second kappa shape index (κ2) is 6.58. The van der Waals surface area contributed by atoms with Crippen LogP contribution in [0.3, 0.4) is 0 Å². The Hall–Kier alpha value is -2.41. The van der Waals surface area contributed by atoms with Crippen molar-refractivity contribution in [1.29, 1.82) is 0 Å². The Morgan fingerprint density at radius 1 is 1.11 bits per heavy atom. The number of hydrogen-bond donors (Lipinski definition) is 0. The fourth-order valence-electron chi connectivity index (χ4n) is 5.65. The summed E-state index contributed by atoms with van der Waals surface area (Å²) in [6, 6.07) is 3.87. The molecule has 1 amide bonds. The van der Waals surface area contributed by atoms with Gasteiger partial charge in [0.25, 0.3) is 0 Å². The highest BCUT2D eigenvalue weighted by Crippen LogP contribution is 2.58. The van der Waals surface area contributed by atoms with E-state index in [0.717, 1.165) is 64.5 Å². The van der Waals surface area contributed by atoms with Crippen LogP contribution in [0.1, 0.15) is 24.8 Å². The summed E-state index contributed by atoms with van der Waals surface area (Å²) in [7, 11) is 1.94. The maximum absolute atomic E-state index is 13.3. The molecular formula is C21H27N5O2. The van der Waals surface area contributed by atoms with Crippen molar-refractivity contribution in [3.63, 3.8) is 0 Å². The third-order valence-electron chi connectivity index (χ3n) is 7.23. The van der Waals surface area contributed by atoms with Crippen molar-refractivity contribution < 1.29 is 9.21 Å². The van der Waals surface area contributed by atoms with Gasteiger partial charge in [0.1, 0.15) is 0 Å². The van der Waals surface area contributed by atoms with E-state index in [-0.39, 0.29) is 10.8 Å². The molecule has 0 radical (unpaired) electrons. The van der Waals surface area contributed by atoms with Crippen molar-refractivity contribution >= 4 is 11.9 Å². The molecule has 7 heteroatoms. The van der Waals surface area contributed by atoms with E-state index in [4.69, 9.17) is 4.42 Å². The lowest BCUT2D eigenvalue weighted by atomic mass is 9.60. The molecular weight excluding hydrogens is 354 g/mol. The summed E-state index contributed by atoms with van der Waals surface area (Å²) in [5, 5.41) is 0. The van der Waals surface area contributed by atoms with Gasteiger partial charge >= 0.3 is 0 Å². The Labute approximate surface area is 165 Å². The van der Waals surface area contributed by atoms with Gasteiger partial charge in [0.05, 0.1) is 17.9 Å². The second-order valence-corrected chi connectivity index (χ2v) is 8.65. The van der Waals surface area contributed by atoms with Crippen molar-refractivity contribution in [2.24, 2.45) is 10.8 Å². The Balaban J connectivity index is 1.40. The molecule has 5 rings (SSSR count). The van der Waals surface area contributed by atoms with E-state index in [9.17, 15) is 4.79 Å². The number of nitrogens with zero attached hydrogens (tertiary/aromatic N) is 5. The molecule has 3 fully saturated rings. The van der Waals surface area contributed by atoms with E-state index in [2.05, 4.69) is 19.8 Å². The minimum Gasteiger partial charge on any atom is -0.472 e. The number of anilines is 1. The van der Waals surface area contributed by atoms with Crippen molar-refractivity contribution in [3.8, 4) is 0 Å². The Morgan fingerprint density at radius 3 is 2.54 bits per heavy atom. The molecule has 5 heterocycles. The summed E-state index contributed by atoms with van der Waals surface area (Å²) in [5.41, 5.74) is 0.914. The molecule has 148 valence electrons. The average Bonchev–Trinajstić information content (AvgIpc) is 3.42. The molecule has 0 N–H and O–H groups in total. The first-order valence-corrected chi connectivity index (χ1v) is 10.1. The lowest BCUT2D eigenvalue weighted by Gasteiger charge is -2.46. The second-order valence-electron chi connectivity index (χ2n) is 8.65. The van der Waals surface area contributed by atoms with Gasteiger partial charge in [-0.3, -0.25) is 9.69 Å². The lowest BCUT2D eigenvalue weighted by Crippen LogP contribution is -2.52. The average molecular weight is 381 g/mol. The van der Waals surface area contributed by atoms with Gasteiger partial charge in [-0.15, -0.1) is 0 Å². The largest absolute Gasteiger partial charge is 0.472 e. The first-order chi connectivity index (χ1) is 13.6. The molecule has 0 aliphatic carbocycles. The minimum atomic E-state index is -0.303. The van der Waals surface area contributed by atoms with E-state index in [1.807, 2.05) is 30.3 Å². The number of amides is 1. The fraction of sp³-hybridized carbons (Fsp3) is 0.571. The molecule has 3 aliphatic rings. The standard InChI is InChI=1S/C21H27N5O2/c1-24-9-6-21(18(24)27)16-26(19-22-7-2-8-23-19)15-20(21)4-10-25(11-5-20)13-17-3-12-28-14-17/h2-3,7-8,12,14H,4-6,9-11,13,15-16H2,1H3. The molecule has 0 aromatic carbocycles. The maximum Gasteiger partial charge on any atom is 0.231 e. The predicted octanol–water partition coefficient (Wildman–Crippen LogP) is 2.02. The van der Waals surface area contributed by atoms with Crippen molar-refractivity contribution in [3.05, 3.63) is 42.6 Å². The van der Waals surface area contributed by atoms with Crippen LogP contribution in [0.4, 0.5) is 5.95 Å². The zero-order valence-electron chi connectivity index (χ0n) is 16.4. The van der Waals surface area contributed by atoms with Crippen LogP contribution in [0.2, 0.25) is 0 Å². The van der Waals surface area contributed by atoms with E-state index in [0.29, 0.717) is 5.91 Å². The number of hydrogen-bond acceptors (Lipinski definition) is 6. The smallest absolute Gasteiger partial charge is 0.231 e. The van der Waals surface area contributed by atoms with Gasteiger partial charge in [-0.05, 0) is 44.5 Å². The zero-order chi connectivity index (χ0) is 19.2. The fourth-order valence-corrected chi connectivity index (χ4v) is 5.65. The van der Waals surface area contributed by atoms with Gasteiger partial charge in [-0.1, -0.05) is 0 Å². The molecule has 3 aliphatic heterocycles. The molecule has 2 spiro atoms. The van der Waals surface area contributed by atoms with Gasteiger partial charge in [0.15, 0.2) is 0 Å². The number of aromatic nitrogens is 2. The van der Waals surface area contributed by atoms with Gasteiger partial charge < -0.3 is 14.2 Å². The summed E-state index contributed by atoms with van der Waals surface area (Å²) in [6.45, 7) is 5.39. The number of carbonyl (C=O) groups is 1. The van der Waals surface area contributed by atoms with Crippen LogP contribution in [0.15, 0.2) is 41.5 Å². The van der Waals surface area contributed by atoms with Crippen LogP contribution in [-0.4, -0.2) is 65.4 Å². The van der Waals surface area contributed by atoms with Crippen LogP contribution >= 0.6 is 0 Å². The number of carbonyl (C=O) groups excluding carboxylic acids is 1. The highest BCUT2D eigenvalue weighted by atomic mass is 16.3. The third kappa shape index (κ3) is 2.64. The highest BCUT2D eigenvalue weighted by Gasteiger charge is 2.65. The van der Waals surface area contributed by atoms with Gasteiger partial charge in [0.2, 0.25) is 11.9 Å². The normalized spacial score (nSPS) is 27.4. The number of likely N-dealkylation sites (tertiary alicyclic amines) is 2. The summed E-state index contributed by atoms with van der Waals surface area (Å²) in [4.78, 5) is 29.0.